The summed E-state index contributed by atoms with van der Waals surface area (Å²) in [5, 5.41) is 11.7. The molecule has 6 nitrogen and oxygen atoms in total. The number of esters is 2. The number of anilines is 1. The summed E-state index contributed by atoms with van der Waals surface area (Å²) in [4.78, 5) is 22.9. The zero-order valence-electron chi connectivity index (χ0n) is 11.5. The zero-order chi connectivity index (χ0) is 15.8. The van der Waals surface area contributed by atoms with Crippen molar-refractivity contribution in [2.45, 2.75) is 6.92 Å². The number of ether oxygens (including phenoxy) is 2. The van der Waals surface area contributed by atoms with Crippen molar-refractivity contribution in [1.82, 2.24) is 0 Å². The molecule has 0 amide bonds. The molecule has 0 bridgehead atoms. The number of carbonyl (C=O) groups is 2. The Morgan fingerprint density at radius 2 is 2.19 bits per heavy atom. The van der Waals surface area contributed by atoms with Crippen LogP contribution in [0.1, 0.15) is 17.3 Å². The summed E-state index contributed by atoms with van der Waals surface area (Å²) < 4.78 is 9.31. The van der Waals surface area contributed by atoms with Crippen LogP contribution in [0.15, 0.2) is 30.0 Å². The predicted molar refractivity (Wildman–Crippen MR) is 76.7 cm³/mol. The van der Waals surface area contributed by atoms with Gasteiger partial charge in [-0.3, -0.25) is 0 Å². The van der Waals surface area contributed by atoms with Crippen molar-refractivity contribution >= 4 is 29.2 Å². The number of nitrogens with zero attached hydrogens (tertiary/aromatic N) is 1. The van der Waals surface area contributed by atoms with E-state index in [0.29, 0.717) is 5.69 Å². The third-order valence-electron chi connectivity index (χ3n) is 2.39. The van der Waals surface area contributed by atoms with Crippen molar-refractivity contribution in [3.8, 4) is 6.07 Å². The molecule has 7 heteroatoms. The van der Waals surface area contributed by atoms with E-state index >= 15 is 0 Å². The monoisotopic (exact) mass is 308 g/mol. The molecule has 0 aliphatic heterocycles. The second-order valence-electron chi connectivity index (χ2n) is 3.69. The highest BCUT2D eigenvalue weighted by Crippen LogP contribution is 2.26. The van der Waals surface area contributed by atoms with Crippen LogP contribution in [0.2, 0.25) is 5.02 Å². The lowest BCUT2D eigenvalue weighted by Gasteiger charge is -2.08. The molecule has 110 valence electrons. The smallest absolute Gasteiger partial charge is 0.350 e. The molecule has 1 aromatic rings. The van der Waals surface area contributed by atoms with E-state index in [9.17, 15) is 9.59 Å². The lowest BCUT2D eigenvalue weighted by molar-refractivity contribution is -0.138. The molecule has 0 unspecified atom stereocenters. The van der Waals surface area contributed by atoms with Crippen LogP contribution < -0.4 is 5.32 Å². The van der Waals surface area contributed by atoms with Gasteiger partial charge in [0.05, 0.1) is 30.0 Å². The van der Waals surface area contributed by atoms with Gasteiger partial charge in [-0.05, 0) is 19.1 Å². The van der Waals surface area contributed by atoms with Crippen molar-refractivity contribution in [2.75, 3.05) is 19.0 Å². The van der Waals surface area contributed by atoms with Crippen molar-refractivity contribution in [3.05, 3.63) is 40.6 Å². The summed E-state index contributed by atoms with van der Waals surface area (Å²) in [6.45, 7) is 1.80. The number of methoxy groups -OCH3 is 1. The molecule has 0 fully saturated rings. The lowest BCUT2D eigenvalue weighted by Crippen LogP contribution is -2.08. The van der Waals surface area contributed by atoms with Gasteiger partial charge >= 0.3 is 11.9 Å². The molecule has 0 aromatic heterocycles. The fourth-order valence-corrected chi connectivity index (χ4v) is 1.66. The number of halogens is 1. The Bertz CT molecular complexity index is 620. The average Bonchev–Trinajstić information content (AvgIpc) is 2.49. The molecule has 1 aromatic carbocycles. The van der Waals surface area contributed by atoms with Gasteiger partial charge in [-0.1, -0.05) is 17.7 Å². The maximum atomic E-state index is 11.5. The van der Waals surface area contributed by atoms with Gasteiger partial charge in [0.15, 0.2) is 5.57 Å². The topological polar surface area (TPSA) is 88.4 Å². The van der Waals surface area contributed by atoms with Gasteiger partial charge in [-0.25, -0.2) is 9.59 Å². The van der Waals surface area contributed by atoms with Crippen LogP contribution in [-0.4, -0.2) is 25.7 Å². The molecule has 0 radical (unpaired) electrons. The van der Waals surface area contributed by atoms with Crippen LogP contribution in [0.5, 0.6) is 0 Å². The van der Waals surface area contributed by atoms with Gasteiger partial charge in [-0.15, -0.1) is 0 Å². The molecule has 0 saturated carbocycles. The Morgan fingerprint density at radius 3 is 2.76 bits per heavy atom. The summed E-state index contributed by atoms with van der Waals surface area (Å²) >= 11 is 6.06. The SMILES string of the molecule is CCOC(=O)C(C#N)=CNc1cccc(C(=O)OC)c1Cl. The van der Waals surface area contributed by atoms with Gasteiger partial charge in [0, 0.05) is 6.20 Å². The number of hydrogen-bond donors (Lipinski definition) is 1. The highest BCUT2D eigenvalue weighted by atomic mass is 35.5. The maximum absolute atomic E-state index is 11.5. The summed E-state index contributed by atoms with van der Waals surface area (Å²) in [6, 6.07) is 6.39. The first kappa shape index (κ1) is 16.5. The standard InChI is InChI=1S/C14H13ClN2O4/c1-3-21-13(18)9(7-16)8-17-11-6-4-5-10(12(11)15)14(19)20-2/h4-6,8,17H,3H2,1-2H3. The number of carbonyl (C=O) groups excluding carboxylic acids is 2. The molecular formula is C14H13ClN2O4. The van der Waals surface area contributed by atoms with E-state index in [1.165, 1.54) is 19.4 Å². The van der Waals surface area contributed by atoms with Crippen LogP contribution in [-0.2, 0) is 14.3 Å². The predicted octanol–water partition coefficient (Wildman–Crippen LogP) is 2.51. The van der Waals surface area contributed by atoms with Crippen LogP contribution in [0.3, 0.4) is 0 Å². The number of benzene rings is 1. The third kappa shape index (κ3) is 4.23. The second kappa shape index (κ2) is 7.92. The van der Waals surface area contributed by atoms with E-state index < -0.39 is 11.9 Å². The minimum atomic E-state index is -0.743. The summed E-state index contributed by atoms with van der Waals surface area (Å²) in [5.41, 5.74) is 0.320. The second-order valence-corrected chi connectivity index (χ2v) is 4.07. The van der Waals surface area contributed by atoms with Gasteiger partial charge in [0.2, 0.25) is 0 Å². The van der Waals surface area contributed by atoms with Crippen LogP contribution in [0, 0.1) is 11.3 Å². The fraction of sp³-hybridized carbons (Fsp3) is 0.214. The van der Waals surface area contributed by atoms with E-state index in [4.69, 9.17) is 21.6 Å². The molecule has 0 aliphatic carbocycles. The van der Waals surface area contributed by atoms with Crippen LogP contribution in [0.4, 0.5) is 5.69 Å². The number of nitrogens with one attached hydrogen (secondary N) is 1. The maximum Gasteiger partial charge on any atom is 0.350 e. The Labute approximate surface area is 126 Å². The fourth-order valence-electron chi connectivity index (χ4n) is 1.41. The molecule has 1 N–H and O–H groups in total. The summed E-state index contributed by atoms with van der Waals surface area (Å²) in [5.74, 6) is -1.33. The molecule has 0 saturated heterocycles. The Kier molecular flexibility index (Phi) is 6.24. The van der Waals surface area contributed by atoms with Gasteiger partial charge < -0.3 is 14.8 Å². The first-order chi connectivity index (χ1) is 10.0. The number of hydrogen-bond acceptors (Lipinski definition) is 6. The molecule has 21 heavy (non-hydrogen) atoms. The summed E-state index contributed by atoms with van der Waals surface area (Å²) in [6.07, 6.45) is 1.17. The van der Waals surface area contributed by atoms with Crippen LogP contribution in [0.25, 0.3) is 0 Å². The normalized spacial score (nSPS) is 10.5. The minimum absolute atomic E-state index is 0.127. The Balaban J connectivity index is 3.01. The minimum Gasteiger partial charge on any atom is -0.465 e. The zero-order valence-corrected chi connectivity index (χ0v) is 12.2. The van der Waals surface area contributed by atoms with Crippen LogP contribution >= 0.6 is 11.6 Å². The van der Waals surface area contributed by atoms with Gasteiger partial charge in [0.25, 0.3) is 0 Å². The highest BCUT2D eigenvalue weighted by Gasteiger charge is 2.14. The first-order valence-electron chi connectivity index (χ1n) is 5.95. The Hall–Kier alpha value is -2.52. The van der Waals surface area contributed by atoms with Crippen molar-refractivity contribution < 1.29 is 19.1 Å². The van der Waals surface area contributed by atoms with E-state index in [2.05, 4.69) is 10.1 Å². The van der Waals surface area contributed by atoms with E-state index in [0.717, 1.165) is 0 Å². The number of rotatable bonds is 5. The van der Waals surface area contributed by atoms with E-state index in [1.54, 1.807) is 25.1 Å². The molecule has 1 rings (SSSR count). The quantitative estimate of drug-likeness (QED) is 0.511. The van der Waals surface area contributed by atoms with E-state index in [1.807, 2.05) is 0 Å². The van der Waals surface area contributed by atoms with E-state index in [-0.39, 0.29) is 22.8 Å². The summed E-state index contributed by atoms with van der Waals surface area (Å²) in [7, 11) is 1.24. The Morgan fingerprint density at radius 1 is 1.48 bits per heavy atom. The first-order valence-corrected chi connectivity index (χ1v) is 6.33. The molecular weight excluding hydrogens is 296 g/mol. The van der Waals surface area contributed by atoms with Crippen molar-refractivity contribution in [1.29, 1.82) is 5.26 Å². The molecule has 0 heterocycles. The van der Waals surface area contributed by atoms with Gasteiger partial charge in [0.1, 0.15) is 6.07 Å². The molecule has 0 spiro atoms. The molecule has 0 aliphatic rings. The average molecular weight is 309 g/mol. The largest absolute Gasteiger partial charge is 0.465 e. The van der Waals surface area contributed by atoms with Crippen molar-refractivity contribution in [2.24, 2.45) is 0 Å². The third-order valence-corrected chi connectivity index (χ3v) is 2.80. The van der Waals surface area contributed by atoms with Crippen molar-refractivity contribution in [3.63, 3.8) is 0 Å². The van der Waals surface area contributed by atoms with Gasteiger partial charge in [-0.2, -0.15) is 5.26 Å². The highest BCUT2D eigenvalue weighted by molar-refractivity contribution is 6.36. The lowest BCUT2D eigenvalue weighted by atomic mass is 10.2. The number of nitriles is 1. The molecule has 0 atom stereocenters.